The van der Waals surface area contributed by atoms with Crippen LogP contribution in [-0.2, 0) is 7.05 Å². The van der Waals surface area contributed by atoms with Crippen LogP contribution < -0.4 is 10.3 Å². The molecule has 8 nitrogen and oxygen atoms in total. The molecule has 0 unspecified atom stereocenters. The predicted octanol–water partition coefficient (Wildman–Crippen LogP) is 2.34. The fourth-order valence-corrected chi connectivity index (χ4v) is 2.75. The maximum atomic E-state index is 12.8. The van der Waals surface area contributed by atoms with E-state index < -0.39 is 11.5 Å². The summed E-state index contributed by atoms with van der Waals surface area (Å²) in [4.78, 5) is 28.6. The Labute approximate surface area is 154 Å². The van der Waals surface area contributed by atoms with Crippen LogP contribution in [0.25, 0.3) is 5.69 Å². The van der Waals surface area contributed by atoms with Crippen molar-refractivity contribution in [1.82, 2.24) is 9.36 Å². The van der Waals surface area contributed by atoms with Crippen molar-refractivity contribution in [1.29, 1.82) is 0 Å². The van der Waals surface area contributed by atoms with Gasteiger partial charge in [-0.3, -0.25) is 9.48 Å². The lowest BCUT2D eigenvalue weighted by Crippen LogP contribution is -2.20. The maximum absolute atomic E-state index is 12.8. The van der Waals surface area contributed by atoms with Gasteiger partial charge < -0.3 is 14.9 Å². The average molecular weight is 367 g/mol. The normalized spacial score (nSPS) is 11.0. The van der Waals surface area contributed by atoms with Crippen molar-refractivity contribution in [2.24, 2.45) is 12.0 Å². The van der Waals surface area contributed by atoms with Crippen molar-refractivity contribution in [3.63, 3.8) is 0 Å². The van der Waals surface area contributed by atoms with Crippen LogP contribution in [-0.4, -0.2) is 38.9 Å². The van der Waals surface area contributed by atoms with Crippen molar-refractivity contribution in [3.05, 3.63) is 70.1 Å². The lowest BCUT2D eigenvalue weighted by atomic mass is 10.2. The van der Waals surface area contributed by atoms with E-state index in [1.807, 2.05) is 0 Å². The van der Waals surface area contributed by atoms with Crippen molar-refractivity contribution in [2.45, 2.75) is 0 Å². The van der Waals surface area contributed by atoms with E-state index >= 15 is 0 Å². The molecule has 0 fully saturated rings. The summed E-state index contributed by atoms with van der Waals surface area (Å²) in [7, 11) is 2.88. The first-order valence-corrected chi connectivity index (χ1v) is 7.96. The van der Waals surface area contributed by atoms with Gasteiger partial charge in [-0.15, -0.1) is 0 Å². The van der Waals surface area contributed by atoms with Gasteiger partial charge in [-0.2, -0.15) is 0 Å². The van der Waals surface area contributed by atoms with Gasteiger partial charge in [0.2, 0.25) is 0 Å². The summed E-state index contributed by atoms with van der Waals surface area (Å²) < 4.78 is 7.49. The number of ether oxygens (including phenoxy) is 1. The third-order valence-corrected chi connectivity index (χ3v) is 4.03. The second-order valence-corrected chi connectivity index (χ2v) is 5.63. The third-order valence-electron chi connectivity index (χ3n) is 4.03. The molecule has 0 aliphatic carbocycles. The molecule has 138 valence electrons. The van der Waals surface area contributed by atoms with Crippen LogP contribution in [0.4, 0.5) is 5.69 Å². The molecule has 1 heterocycles. The van der Waals surface area contributed by atoms with Crippen LogP contribution in [0.3, 0.4) is 0 Å². The molecule has 3 aromatic rings. The highest BCUT2D eigenvalue weighted by Gasteiger charge is 2.23. The second-order valence-electron chi connectivity index (χ2n) is 5.63. The molecule has 0 atom stereocenters. The summed E-state index contributed by atoms with van der Waals surface area (Å²) >= 11 is 0. The number of phenolic OH excluding ortho intramolecular Hbond substituents is 1. The molecule has 0 aliphatic heterocycles. The first kappa shape index (κ1) is 18.0. The topological polar surface area (TPSA) is 106 Å². The second kappa shape index (κ2) is 7.20. The number of carboxylic acids is 1. The number of hydrogen-bond acceptors (Lipinski definition) is 5. The molecule has 8 heteroatoms. The van der Waals surface area contributed by atoms with Crippen LogP contribution in [0.5, 0.6) is 11.5 Å². The number of hydrogen-bond donors (Lipinski definition) is 2. The summed E-state index contributed by atoms with van der Waals surface area (Å²) in [6.45, 7) is 0. The first-order valence-electron chi connectivity index (χ1n) is 7.96. The van der Waals surface area contributed by atoms with Gasteiger partial charge in [0.15, 0.2) is 22.9 Å². The number of benzene rings is 2. The zero-order chi connectivity index (χ0) is 19.6. The lowest BCUT2D eigenvalue weighted by molar-refractivity contribution is 0.0685. The molecular formula is C19H17N3O5. The molecule has 2 N–H and O–H groups in total. The van der Waals surface area contributed by atoms with E-state index in [2.05, 4.69) is 4.99 Å². The Morgan fingerprint density at radius 3 is 2.48 bits per heavy atom. The number of carbonyl (C=O) groups is 1. The molecule has 1 aromatic heterocycles. The zero-order valence-electron chi connectivity index (χ0n) is 14.7. The number of nitrogens with zero attached hydrogens (tertiary/aromatic N) is 3. The van der Waals surface area contributed by atoms with Gasteiger partial charge in [0.25, 0.3) is 5.56 Å². The smallest absolute Gasteiger partial charge is 0.356 e. The molecule has 2 aromatic carbocycles. The largest absolute Gasteiger partial charge is 0.504 e. The van der Waals surface area contributed by atoms with Gasteiger partial charge in [0.05, 0.1) is 12.8 Å². The minimum Gasteiger partial charge on any atom is -0.504 e. The van der Waals surface area contributed by atoms with Crippen molar-refractivity contribution in [3.8, 4) is 17.2 Å². The van der Waals surface area contributed by atoms with Crippen LogP contribution in [0, 0.1) is 0 Å². The standard InChI is InChI=1S/C19H17N3O5/c1-21-16(19(25)26)15(18(24)22(21)13-8-4-3-5-9-13)20-11-12-7-6-10-14(27-2)17(12)23/h3-11,23H,1-2H3,(H,25,26). The molecule has 0 aliphatic rings. The number of aromatic nitrogens is 2. The molecule has 0 saturated heterocycles. The van der Waals surface area contributed by atoms with Crippen molar-refractivity contribution >= 4 is 17.9 Å². The van der Waals surface area contributed by atoms with Gasteiger partial charge in [-0.1, -0.05) is 24.3 Å². The van der Waals surface area contributed by atoms with Crippen molar-refractivity contribution < 1.29 is 19.7 Å². The Morgan fingerprint density at radius 2 is 1.85 bits per heavy atom. The first-order chi connectivity index (χ1) is 13.0. The van der Waals surface area contributed by atoms with Gasteiger partial charge in [-0.05, 0) is 24.3 Å². The van der Waals surface area contributed by atoms with E-state index in [-0.39, 0.29) is 22.9 Å². The van der Waals surface area contributed by atoms with Gasteiger partial charge in [-0.25, -0.2) is 14.5 Å². The summed E-state index contributed by atoms with van der Waals surface area (Å²) in [6.07, 6.45) is 1.23. The number of aliphatic imine (C=N–C) groups is 1. The molecule has 3 rings (SSSR count). The highest BCUT2D eigenvalue weighted by molar-refractivity contribution is 5.94. The Balaban J connectivity index is 2.17. The monoisotopic (exact) mass is 367 g/mol. The SMILES string of the molecule is COc1cccc(C=Nc2c(C(=O)O)n(C)n(-c3ccccc3)c2=O)c1O. The van der Waals surface area contributed by atoms with E-state index in [0.29, 0.717) is 11.3 Å². The van der Waals surface area contributed by atoms with Gasteiger partial charge in [0, 0.05) is 18.8 Å². The van der Waals surface area contributed by atoms with Crippen LogP contribution in [0.15, 0.2) is 58.3 Å². The Morgan fingerprint density at radius 1 is 1.15 bits per heavy atom. The summed E-state index contributed by atoms with van der Waals surface area (Å²) in [5, 5.41) is 19.7. The number of aromatic hydroxyl groups is 1. The van der Waals surface area contributed by atoms with E-state index in [0.717, 1.165) is 0 Å². The fraction of sp³-hybridized carbons (Fsp3) is 0.105. The number of carboxylic acid groups (broad SMARTS) is 1. The average Bonchev–Trinajstić information content (AvgIpc) is 2.91. The Bertz CT molecular complexity index is 1080. The predicted molar refractivity (Wildman–Crippen MR) is 99.9 cm³/mol. The maximum Gasteiger partial charge on any atom is 0.356 e. The van der Waals surface area contributed by atoms with Crippen molar-refractivity contribution in [2.75, 3.05) is 7.11 Å². The van der Waals surface area contributed by atoms with Crippen LogP contribution in [0.2, 0.25) is 0 Å². The lowest BCUT2D eigenvalue weighted by Gasteiger charge is -2.07. The van der Waals surface area contributed by atoms with Gasteiger partial charge >= 0.3 is 5.97 Å². The number of aromatic carboxylic acids is 1. The van der Waals surface area contributed by atoms with E-state index in [1.54, 1.807) is 48.5 Å². The van der Waals surface area contributed by atoms with E-state index in [1.165, 1.54) is 29.7 Å². The molecule has 27 heavy (non-hydrogen) atoms. The number of methoxy groups -OCH3 is 1. The van der Waals surface area contributed by atoms with Gasteiger partial charge in [0.1, 0.15) is 0 Å². The summed E-state index contributed by atoms with van der Waals surface area (Å²) in [5.74, 6) is -1.20. The van der Waals surface area contributed by atoms with E-state index in [4.69, 9.17) is 4.74 Å². The fourth-order valence-electron chi connectivity index (χ4n) is 2.75. The molecule has 0 amide bonds. The quantitative estimate of drug-likeness (QED) is 0.673. The minimum atomic E-state index is -1.29. The third kappa shape index (κ3) is 3.20. The summed E-state index contributed by atoms with van der Waals surface area (Å²) in [6, 6.07) is 13.4. The minimum absolute atomic E-state index is 0.153. The number of phenols is 1. The highest BCUT2D eigenvalue weighted by Crippen LogP contribution is 2.28. The molecule has 0 spiro atoms. The Kier molecular flexibility index (Phi) is 4.80. The van der Waals surface area contributed by atoms with E-state index in [9.17, 15) is 19.8 Å². The number of para-hydroxylation sites is 2. The molecule has 0 radical (unpaired) electrons. The summed E-state index contributed by atoms with van der Waals surface area (Å²) in [5.41, 5.74) is -0.281. The number of rotatable bonds is 5. The zero-order valence-corrected chi connectivity index (χ0v) is 14.7. The Hall–Kier alpha value is -3.81. The highest BCUT2D eigenvalue weighted by atomic mass is 16.5. The van der Waals surface area contributed by atoms with Crippen LogP contribution >= 0.6 is 0 Å². The molecular weight excluding hydrogens is 350 g/mol. The molecule has 0 saturated carbocycles. The molecule has 0 bridgehead atoms. The van der Waals surface area contributed by atoms with Crippen LogP contribution in [0.1, 0.15) is 16.1 Å².